The first kappa shape index (κ1) is 17.7. The summed E-state index contributed by atoms with van der Waals surface area (Å²) in [4.78, 5) is 25.6. The van der Waals surface area contributed by atoms with E-state index in [2.05, 4.69) is 29.9 Å². The highest BCUT2D eigenvalue weighted by molar-refractivity contribution is 5.76. The molecule has 0 aliphatic heterocycles. The van der Waals surface area contributed by atoms with Crippen molar-refractivity contribution in [1.82, 2.24) is 29.9 Å². The molecule has 4 aromatic rings. The average molecular weight is 386 g/mol. The molecule has 7 heteroatoms. The number of aromatic amines is 1. The van der Waals surface area contributed by atoms with Crippen LogP contribution >= 0.6 is 0 Å². The van der Waals surface area contributed by atoms with Crippen molar-refractivity contribution in [3.05, 3.63) is 48.5 Å². The summed E-state index contributed by atoms with van der Waals surface area (Å²) in [5, 5.41) is 0. The van der Waals surface area contributed by atoms with E-state index in [-0.39, 0.29) is 6.10 Å². The Kier molecular flexibility index (Phi) is 4.63. The quantitative estimate of drug-likeness (QED) is 0.555. The molecule has 0 atom stereocenters. The second-order valence-electron chi connectivity index (χ2n) is 7.47. The Morgan fingerprint density at radius 1 is 0.862 bits per heavy atom. The Balaban J connectivity index is 1.32. The normalized spacial score (nSPS) is 14.9. The third-order valence-corrected chi connectivity index (χ3v) is 5.27. The van der Waals surface area contributed by atoms with Gasteiger partial charge in [0.1, 0.15) is 11.9 Å². The third-order valence-electron chi connectivity index (χ3n) is 5.27. The van der Waals surface area contributed by atoms with Gasteiger partial charge in [-0.25, -0.2) is 19.9 Å². The molecular weight excluding hydrogens is 364 g/mol. The molecule has 4 aromatic heterocycles. The lowest BCUT2D eigenvalue weighted by molar-refractivity contribution is 0.142. The van der Waals surface area contributed by atoms with Crippen molar-refractivity contribution < 1.29 is 4.74 Å². The SMILES string of the molecule is Cc1ccc2[nH]c(-c3ccc(-c4cnc(OC5CCCCC5)nc4)nc3)nc2n1. The van der Waals surface area contributed by atoms with E-state index in [9.17, 15) is 0 Å². The number of imidazole rings is 1. The molecule has 1 fully saturated rings. The topological polar surface area (TPSA) is 89.5 Å². The second-order valence-corrected chi connectivity index (χ2v) is 7.47. The Morgan fingerprint density at radius 3 is 2.41 bits per heavy atom. The molecule has 1 N–H and O–H groups in total. The molecule has 0 unspecified atom stereocenters. The van der Waals surface area contributed by atoms with Crippen molar-refractivity contribution in [2.75, 3.05) is 0 Å². The maximum atomic E-state index is 5.90. The highest BCUT2D eigenvalue weighted by atomic mass is 16.5. The van der Waals surface area contributed by atoms with Crippen LogP contribution in [0.3, 0.4) is 0 Å². The summed E-state index contributed by atoms with van der Waals surface area (Å²) in [5.74, 6) is 0.754. The summed E-state index contributed by atoms with van der Waals surface area (Å²) in [7, 11) is 0. The molecule has 4 heterocycles. The number of aromatic nitrogens is 6. The van der Waals surface area contributed by atoms with Gasteiger partial charge in [-0.05, 0) is 56.9 Å². The van der Waals surface area contributed by atoms with Gasteiger partial charge in [-0.3, -0.25) is 4.98 Å². The number of hydrogen-bond acceptors (Lipinski definition) is 6. The number of rotatable bonds is 4. The van der Waals surface area contributed by atoms with Crippen LogP contribution in [0.25, 0.3) is 33.8 Å². The highest BCUT2D eigenvalue weighted by Gasteiger charge is 2.16. The minimum absolute atomic E-state index is 0.245. The van der Waals surface area contributed by atoms with Crippen LogP contribution in [-0.2, 0) is 0 Å². The number of pyridine rings is 2. The number of ether oxygens (including phenoxy) is 1. The largest absolute Gasteiger partial charge is 0.460 e. The zero-order valence-electron chi connectivity index (χ0n) is 16.3. The molecule has 0 spiro atoms. The van der Waals surface area contributed by atoms with Gasteiger partial charge in [0, 0.05) is 35.4 Å². The van der Waals surface area contributed by atoms with Crippen molar-refractivity contribution in [2.45, 2.75) is 45.1 Å². The Morgan fingerprint density at radius 2 is 1.66 bits per heavy atom. The van der Waals surface area contributed by atoms with Crippen molar-refractivity contribution in [3.63, 3.8) is 0 Å². The first-order chi connectivity index (χ1) is 14.2. The van der Waals surface area contributed by atoms with Gasteiger partial charge >= 0.3 is 6.01 Å². The molecule has 0 amide bonds. The van der Waals surface area contributed by atoms with Gasteiger partial charge in [-0.2, -0.15) is 0 Å². The van der Waals surface area contributed by atoms with Crippen LogP contribution in [-0.4, -0.2) is 36.0 Å². The molecule has 0 saturated heterocycles. The third kappa shape index (κ3) is 3.81. The standard InChI is InChI=1S/C22H22N6O/c1-14-7-9-19-21(26-14)28-20(27-19)15-8-10-18(23-11-15)16-12-24-22(25-13-16)29-17-5-3-2-4-6-17/h7-13,17H,2-6H2,1H3,(H,26,27,28). The lowest BCUT2D eigenvalue weighted by Gasteiger charge is -2.21. The monoisotopic (exact) mass is 386 g/mol. The van der Waals surface area contributed by atoms with E-state index < -0.39 is 0 Å². The van der Waals surface area contributed by atoms with Crippen molar-refractivity contribution in [3.8, 4) is 28.7 Å². The van der Waals surface area contributed by atoms with Gasteiger partial charge in [0.05, 0.1) is 11.2 Å². The number of aryl methyl sites for hydroxylation is 1. The van der Waals surface area contributed by atoms with Gasteiger partial charge < -0.3 is 9.72 Å². The minimum atomic E-state index is 0.245. The molecule has 29 heavy (non-hydrogen) atoms. The summed E-state index contributed by atoms with van der Waals surface area (Å²) >= 11 is 0. The number of H-pyrrole nitrogens is 1. The Labute approximate surface area is 168 Å². The summed E-state index contributed by atoms with van der Waals surface area (Å²) in [6, 6.07) is 8.33. The first-order valence-corrected chi connectivity index (χ1v) is 10.0. The highest BCUT2D eigenvalue weighted by Crippen LogP contribution is 2.24. The van der Waals surface area contributed by atoms with Gasteiger partial charge in [-0.1, -0.05) is 6.42 Å². The molecule has 5 rings (SSSR count). The van der Waals surface area contributed by atoms with E-state index >= 15 is 0 Å². The predicted octanol–water partition coefficient (Wildman–Crippen LogP) is 4.50. The van der Waals surface area contributed by atoms with Gasteiger partial charge in [0.25, 0.3) is 0 Å². The smallest absolute Gasteiger partial charge is 0.316 e. The van der Waals surface area contributed by atoms with Crippen LogP contribution < -0.4 is 4.74 Å². The number of hydrogen-bond donors (Lipinski definition) is 1. The Bertz CT molecular complexity index is 1110. The van der Waals surface area contributed by atoms with Crippen LogP contribution in [0.4, 0.5) is 0 Å². The molecule has 146 valence electrons. The summed E-state index contributed by atoms with van der Waals surface area (Å²) < 4.78 is 5.90. The lowest BCUT2D eigenvalue weighted by Crippen LogP contribution is -2.20. The van der Waals surface area contributed by atoms with Crippen molar-refractivity contribution in [2.24, 2.45) is 0 Å². The zero-order chi connectivity index (χ0) is 19.6. The average Bonchev–Trinajstić information content (AvgIpc) is 3.18. The summed E-state index contributed by atoms with van der Waals surface area (Å²) in [5.41, 5.74) is 5.14. The summed E-state index contributed by atoms with van der Waals surface area (Å²) in [6.07, 6.45) is 11.5. The van der Waals surface area contributed by atoms with Crippen molar-refractivity contribution in [1.29, 1.82) is 0 Å². The van der Waals surface area contributed by atoms with Crippen LogP contribution in [0.1, 0.15) is 37.8 Å². The maximum Gasteiger partial charge on any atom is 0.316 e. The molecule has 0 radical (unpaired) electrons. The number of nitrogens with zero attached hydrogens (tertiary/aromatic N) is 5. The minimum Gasteiger partial charge on any atom is -0.460 e. The molecule has 0 aromatic carbocycles. The predicted molar refractivity (Wildman–Crippen MR) is 110 cm³/mol. The fourth-order valence-electron chi connectivity index (χ4n) is 3.67. The fraction of sp³-hybridized carbons (Fsp3) is 0.318. The van der Waals surface area contributed by atoms with E-state index in [1.54, 1.807) is 18.6 Å². The van der Waals surface area contributed by atoms with Gasteiger partial charge in [0.2, 0.25) is 0 Å². The molecular formula is C22H22N6O. The number of fused-ring (bicyclic) bond motifs is 1. The zero-order valence-corrected chi connectivity index (χ0v) is 16.3. The van der Waals surface area contributed by atoms with Crippen LogP contribution in [0.5, 0.6) is 6.01 Å². The van der Waals surface area contributed by atoms with Crippen LogP contribution in [0.15, 0.2) is 42.9 Å². The van der Waals surface area contributed by atoms with E-state index in [1.165, 1.54) is 19.3 Å². The van der Waals surface area contributed by atoms with Gasteiger partial charge in [0.15, 0.2) is 5.65 Å². The maximum absolute atomic E-state index is 5.90. The van der Waals surface area contributed by atoms with Crippen molar-refractivity contribution >= 4 is 11.2 Å². The summed E-state index contributed by atoms with van der Waals surface area (Å²) in [6.45, 7) is 1.96. The number of nitrogens with one attached hydrogen (secondary N) is 1. The van der Waals surface area contributed by atoms with E-state index in [1.807, 2.05) is 31.2 Å². The van der Waals surface area contributed by atoms with E-state index in [4.69, 9.17) is 4.74 Å². The first-order valence-electron chi connectivity index (χ1n) is 10.0. The van der Waals surface area contributed by atoms with E-state index in [0.717, 1.165) is 46.7 Å². The van der Waals surface area contributed by atoms with E-state index in [0.29, 0.717) is 11.7 Å². The molecule has 1 saturated carbocycles. The second kappa shape index (κ2) is 7.58. The molecule has 1 aliphatic carbocycles. The molecule has 1 aliphatic rings. The van der Waals surface area contributed by atoms with Crippen LogP contribution in [0.2, 0.25) is 0 Å². The lowest BCUT2D eigenvalue weighted by atomic mass is 9.98. The fourth-order valence-corrected chi connectivity index (χ4v) is 3.67. The molecule has 7 nitrogen and oxygen atoms in total. The van der Waals surface area contributed by atoms with Crippen LogP contribution in [0, 0.1) is 6.92 Å². The molecule has 0 bridgehead atoms. The Hall–Kier alpha value is -3.35. The van der Waals surface area contributed by atoms with Gasteiger partial charge in [-0.15, -0.1) is 0 Å².